The molecular formula is C20H25ClFIN6O. The number of rotatable bonds is 6. The van der Waals surface area contributed by atoms with Crippen molar-refractivity contribution in [3.05, 3.63) is 35.2 Å². The van der Waals surface area contributed by atoms with Crippen LogP contribution in [0.4, 0.5) is 27.5 Å². The average molecular weight is 547 g/mol. The highest BCUT2D eigenvalue weighted by Gasteiger charge is 2.19. The summed E-state index contributed by atoms with van der Waals surface area (Å²) in [6, 6.07) is 5.14. The molecular weight excluding hydrogens is 522 g/mol. The lowest BCUT2D eigenvalue weighted by molar-refractivity contribution is 0.0699. The van der Waals surface area contributed by atoms with Crippen molar-refractivity contribution in [2.45, 2.75) is 12.8 Å². The summed E-state index contributed by atoms with van der Waals surface area (Å²) < 4.78 is 22.3. The maximum Gasteiger partial charge on any atom is 0.229 e. The Hall–Kier alpha value is -1.43. The molecule has 0 atom stereocenters. The number of hydrogen-bond acceptors (Lipinski definition) is 7. The number of piperazine rings is 1. The van der Waals surface area contributed by atoms with Gasteiger partial charge in [-0.15, -0.1) is 0 Å². The van der Waals surface area contributed by atoms with Crippen LogP contribution in [0.2, 0.25) is 5.02 Å². The molecule has 2 N–H and O–H groups in total. The van der Waals surface area contributed by atoms with Crippen LogP contribution in [0.25, 0.3) is 0 Å². The van der Waals surface area contributed by atoms with E-state index >= 15 is 0 Å². The highest BCUT2D eigenvalue weighted by atomic mass is 127. The van der Waals surface area contributed by atoms with Gasteiger partial charge in [-0.1, -0.05) is 11.6 Å². The van der Waals surface area contributed by atoms with Crippen LogP contribution in [0.3, 0.4) is 0 Å². The topological polar surface area (TPSA) is 65.6 Å². The number of halogens is 3. The molecule has 7 nitrogen and oxygen atoms in total. The second kappa shape index (κ2) is 10.3. The van der Waals surface area contributed by atoms with Gasteiger partial charge in [-0.05, 0) is 37.0 Å². The molecule has 1 aromatic carbocycles. The van der Waals surface area contributed by atoms with E-state index in [0.717, 1.165) is 58.8 Å². The van der Waals surface area contributed by atoms with E-state index < -0.39 is 0 Å². The Labute approximate surface area is 194 Å². The molecule has 2 aliphatic rings. The van der Waals surface area contributed by atoms with Crippen molar-refractivity contribution in [3.63, 3.8) is 0 Å². The largest absolute Gasteiger partial charge is 0.381 e. The molecule has 0 bridgehead atoms. The van der Waals surface area contributed by atoms with E-state index in [9.17, 15) is 4.39 Å². The summed E-state index contributed by atoms with van der Waals surface area (Å²) in [7, 11) is 0. The minimum absolute atomic E-state index is 0.256. The first kappa shape index (κ1) is 21.8. The summed E-state index contributed by atoms with van der Waals surface area (Å²) in [5.74, 6) is 1.24. The maximum atomic E-state index is 14.7. The van der Waals surface area contributed by atoms with Crippen molar-refractivity contribution < 1.29 is 9.13 Å². The molecule has 2 saturated heterocycles. The quantitative estimate of drug-likeness (QED) is 0.413. The predicted octanol–water partition coefficient (Wildman–Crippen LogP) is 4.32. The third-order valence-corrected chi connectivity index (χ3v) is 6.65. The number of anilines is 4. The van der Waals surface area contributed by atoms with Crippen molar-refractivity contribution in [1.82, 2.24) is 13.1 Å². The fraction of sp³-hybridized carbons (Fsp3) is 0.500. The molecule has 0 aliphatic carbocycles. The molecule has 162 valence electrons. The number of nitrogens with zero attached hydrogens (tertiary/aromatic N) is 4. The molecule has 0 unspecified atom stereocenters. The van der Waals surface area contributed by atoms with E-state index in [2.05, 4.69) is 51.5 Å². The summed E-state index contributed by atoms with van der Waals surface area (Å²) in [6.07, 6.45) is 3.61. The second-order valence-corrected chi connectivity index (χ2v) is 9.29. The Balaban J connectivity index is 1.40. The van der Waals surface area contributed by atoms with Gasteiger partial charge < -0.3 is 20.3 Å². The van der Waals surface area contributed by atoms with Gasteiger partial charge in [0.2, 0.25) is 5.95 Å². The molecule has 30 heavy (non-hydrogen) atoms. The van der Waals surface area contributed by atoms with E-state index in [-0.39, 0.29) is 5.82 Å². The molecule has 2 aliphatic heterocycles. The summed E-state index contributed by atoms with van der Waals surface area (Å²) in [6.45, 7) is 5.85. The van der Waals surface area contributed by atoms with Crippen LogP contribution in [0, 0.1) is 11.7 Å². The number of hydrogen-bond donors (Lipinski definition) is 2. The molecule has 2 aromatic rings. The Morgan fingerprint density at radius 3 is 2.70 bits per heavy atom. The van der Waals surface area contributed by atoms with Crippen molar-refractivity contribution in [1.29, 1.82) is 0 Å². The average Bonchev–Trinajstić information content (AvgIpc) is 2.76. The van der Waals surface area contributed by atoms with Crippen molar-refractivity contribution >= 4 is 57.6 Å². The van der Waals surface area contributed by atoms with Crippen molar-refractivity contribution in [2.24, 2.45) is 5.92 Å². The minimum Gasteiger partial charge on any atom is -0.381 e. The van der Waals surface area contributed by atoms with E-state index in [4.69, 9.17) is 16.3 Å². The van der Waals surface area contributed by atoms with Gasteiger partial charge in [0.1, 0.15) is 10.8 Å². The van der Waals surface area contributed by atoms with Gasteiger partial charge >= 0.3 is 0 Å². The monoisotopic (exact) mass is 546 g/mol. The van der Waals surface area contributed by atoms with Gasteiger partial charge in [-0.2, -0.15) is 4.98 Å². The van der Waals surface area contributed by atoms with E-state index in [1.807, 2.05) is 6.07 Å². The molecule has 2 fully saturated rings. The molecule has 1 aromatic heterocycles. The van der Waals surface area contributed by atoms with Gasteiger partial charge in [0.15, 0.2) is 5.82 Å². The van der Waals surface area contributed by atoms with Crippen LogP contribution in [0.1, 0.15) is 12.8 Å². The van der Waals surface area contributed by atoms with Gasteiger partial charge in [-0.25, -0.2) is 12.5 Å². The van der Waals surface area contributed by atoms with Crippen LogP contribution in [-0.2, 0) is 4.74 Å². The smallest absolute Gasteiger partial charge is 0.229 e. The normalized spacial score (nSPS) is 18.4. The molecule has 0 amide bonds. The Bertz CT molecular complexity index is 861. The first-order valence-electron chi connectivity index (χ1n) is 10.1. The molecule has 4 rings (SSSR count). The van der Waals surface area contributed by atoms with Crippen molar-refractivity contribution in [2.75, 3.05) is 61.5 Å². The SMILES string of the molecule is Fc1cc(Nc2ncc(Cl)c(NCC3CCOCC3)n2)ccc1N1CCN(I)CC1. The van der Waals surface area contributed by atoms with Gasteiger partial charge in [0.25, 0.3) is 0 Å². The zero-order valence-electron chi connectivity index (χ0n) is 16.6. The Kier molecular flexibility index (Phi) is 7.45. The standard InChI is InChI=1S/C20H25ClFIN6O/c21-16-13-25-20(27-19(16)24-12-14-3-9-30-10-4-14)26-15-1-2-18(17(22)11-15)28-5-7-29(23)8-6-28/h1-2,11,13-14H,3-10,12H2,(H2,24,25,26,27). The summed E-state index contributed by atoms with van der Waals surface area (Å²) in [4.78, 5) is 10.8. The number of ether oxygens (including phenoxy) is 1. The maximum absolute atomic E-state index is 14.7. The van der Waals surface area contributed by atoms with E-state index in [0.29, 0.717) is 34.1 Å². The van der Waals surface area contributed by atoms with Crippen molar-refractivity contribution in [3.8, 4) is 0 Å². The molecule has 10 heteroatoms. The molecule has 0 spiro atoms. The lowest BCUT2D eigenvalue weighted by Gasteiger charge is -2.33. The fourth-order valence-electron chi connectivity index (χ4n) is 3.64. The lowest BCUT2D eigenvalue weighted by Crippen LogP contribution is -2.42. The van der Waals surface area contributed by atoms with Gasteiger partial charge in [0, 0.05) is 74.5 Å². The van der Waals surface area contributed by atoms with Gasteiger partial charge in [0.05, 0.1) is 11.9 Å². The van der Waals surface area contributed by atoms with Crippen LogP contribution in [0.5, 0.6) is 0 Å². The lowest BCUT2D eigenvalue weighted by atomic mass is 10.0. The highest BCUT2D eigenvalue weighted by molar-refractivity contribution is 14.1. The van der Waals surface area contributed by atoms with Crippen LogP contribution in [-0.4, -0.2) is 59.0 Å². The van der Waals surface area contributed by atoms with Gasteiger partial charge in [-0.3, -0.25) is 0 Å². The molecule has 0 radical (unpaired) electrons. The number of nitrogens with one attached hydrogen (secondary N) is 2. The first-order chi connectivity index (χ1) is 14.6. The zero-order chi connectivity index (χ0) is 20.9. The summed E-state index contributed by atoms with van der Waals surface area (Å²) in [5, 5.41) is 6.85. The van der Waals surface area contributed by atoms with Crippen LogP contribution >= 0.6 is 34.5 Å². The minimum atomic E-state index is -0.256. The third-order valence-electron chi connectivity index (χ3n) is 5.41. The van der Waals surface area contributed by atoms with Crippen LogP contribution in [0.15, 0.2) is 24.4 Å². The fourth-order valence-corrected chi connectivity index (χ4v) is 4.23. The first-order valence-corrected chi connectivity index (χ1v) is 11.5. The van der Waals surface area contributed by atoms with E-state index in [1.165, 1.54) is 6.07 Å². The molecule has 0 saturated carbocycles. The third kappa shape index (κ3) is 5.63. The summed E-state index contributed by atoms with van der Waals surface area (Å²) in [5.41, 5.74) is 1.22. The number of aromatic nitrogens is 2. The highest BCUT2D eigenvalue weighted by Crippen LogP contribution is 2.27. The summed E-state index contributed by atoms with van der Waals surface area (Å²) >= 11 is 8.55. The van der Waals surface area contributed by atoms with E-state index in [1.54, 1.807) is 12.3 Å². The predicted molar refractivity (Wildman–Crippen MR) is 127 cm³/mol. The van der Waals surface area contributed by atoms with Crippen LogP contribution < -0.4 is 15.5 Å². The Morgan fingerprint density at radius 2 is 1.97 bits per heavy atom. The Morgan fingerprint density at radius 1 is 1.20 bits per heavy atom. The second-order valence-electron chi connectivity index (χ2n) is 7.51. The zero-order valence-corrected chi connectivity index (χ0v) is 19.5. The molecule has 3 heterocycles. The number of benzene rings is 1.